The van der Waals surface area contributed by atoms with E-state index in [-0.39, 0.29) is 11.8 Å². The second-order valence-corrected chi connectivity index (χ2v) is 5.97. The lowest BCUT2D eigenvalue weighted by Crippen LogP contribution is -2.12. The second-order valence-electron chi connectivity index (χ2n) is 5.56. The lowest BCUT2D eigenvalue weighted by molar-refractivity contribution is -0.115. The van der Waals surface area contributed by atoms with Gasteiger partial charge in [-0.2, -0.15) is 5.10 Å². The van der Waals surface area contributed by atoms with Crippen molar-refractivity contribution in [2.75, 3.05) is 10.6 Å². The Balaban J connectivity index is 1.74. The minimum absolute atomic E-state index is 0.0884. The normalized spacial score (nSPS) is 10.4. The Kier molecular flexibility index (Phi) is 5.34. The summed E-state index contributed by atoms with van der Waals surface area (Å²) in [5.41, 5.74) is 2.29. The third-order valence-electron chi connectivity index (χ3n) is 3.67. The van der Waals surface area contributed by atoms with E-state index in [4.69, 9.17) is 11.6 Å². The molecule has 0 saturated carbocycles. The number of nitrogens with zero attached hydrogens (tertiary/aromatic N) is 2. The van der Waals surface area contributed by atoms with Crippen molar-refractivity contribution in [3.8, 4) is 5.69 Å². The molecule has 0 aliphatic carbocycles. The Labute approximate surface area is 155 Å². The Hall–Kier alpha value is -3.12. The van der Waals surface area contributed by atoms with Gasteiger partial charge >= 0.3 is 0 Å². The first-order valence-electron chi connectivity index (χ1n) is 8.07. The molecule has 0 aliphatic heterocycles. The van der Waals surface area contributed by atoms with Gasteiger partial charge in [0.25, 0.3) is 5.91 Å². The fourth-order valence-corrected chi connectivity index (χ4v) is 2.56. The van der Waals surface area contributed by atoms with Gasteiger partial charge in [0.15, 0.2) is 0 Å². The summed E-state index contributed by atoms with van der Waals surface area (Å²) in [6.45, 7) is 1.78. The van der Waals surface area contributed by atoms with Crippen molar-refractivity contribution in [1.82, 2.24) is 9.78 Å². The molecule has 7 heteroatoms. The van der Waals surface area contributed by atoms with Gasteiger partial charge in [-0.3, -0.25) is 9.59 Å². The fraction of sp³-hybridized carbons (Fsp3) is 0.105. The molecule has 0 atom stereocenters. The number of aromatic nitrogens is 2. The molecule has 0 fully saturated rings. The Bertz CT molecular complexity index is 952. The molecule has 0 unspecified atom stereocenters. The Morgan fingerprint density at radius 3 is 2.54 bits per heavy atom. The van der Waals surface area contributed by atoms with E-state index in [2.05, 4.69) is 15.7 Å². The van der Waals surface area contributed by atoms with Crippen molar-refractivity contribution in [2.45, 2.75) is 13.3 Å². The summed E-state index contributed by atoms with van der Waals surface area (Å²) < 4.78 is 1.55. The SMILES string of the molecule is CCC(=O)Nc1cccc(NC(=O)c2cnn(-c3ccccc3Cl)c2)c1. The summed E-state index contributed by atoms with van der Waals surface area (Å²) in [5, 5.41) is 10.3. The predicted octanol–water partition coefficient (Wildman–Crippen LogP) is 4.13. The van der Waals surface area contributed by atoms with Crippen molar-refractivity contribution in [1.29, 1.82) is 0 Å². The molecule has 3 aromatic rings. The van der Waals surface area contributed by atoms with Crippen LogP contribution in [0.4, 0.5) is 11.4 Å². The zero-order valence-electron chi connectivity index (χ0n) is 14.1. The second kappa shape index (κ2) is 7.84. The Morgan fingerprint density at radius 2 is 1.81 bits per heavy atom. The molecule has 2 amide bonds. The maximum Gasteiger partial charge on any atom is 0.258 e. The number of rotatable bonds is 5. The van der Waals surface area contributed by atoms with Crippen LogP contribution in [0.5, 0.6) is 0 Å². The van der Waals surface area contributed by atoms with Crippen molar-refractivity contribution in [3.63, 3.8) is 0 Å². The number of anilines is 2. The van der Waals surface area contributed by atoms with Crippen molar-refractivity contribution < 1.29 is 9.59 Å². The lowest BCUT2D eigenvalue weighted by atomic mass is 10.2. The van der Waals surface area contributed by atoms with Crippen molar-refractivity contribution >= 4 is 34.8 Å². The average Bonchev–Trinajstić information content (AvgIpc) is 3.12. The number of carbonyl (C=O) groups is 2. The zero-order valence-corrected chi connectivity index (χ0v) is 14.8. The highest BCUT2D eigenvalue weighted by molar-refractivity contribution is 6.32. The fourth-order valence-electron chi connectivity index (χ4n) is 2.34. The molecule has 0 bridgehead atoms. The standard InChI is InChI=1S/C19H17ClN4O2/c1-2-18(25)22-14-6-5-7-15(10-14)23-19(26)13-11-21-24(12-13)17-9-4-3-8-16(17)20/h3-12H,2H2,1H3,(H,22,25)(H,23,26). The van der Waals surface area contributed by atoms with Crippen LogP contribution in [0, 0.1) is 0 Å². The molecule has 0 radical (unpaired) electrons. The zero-order chi connectivity index (χ0) is 18.5. The molecule has 26 heavy (non-hydrogen) atoms. The van der Waals surface area contributed by atoms with Crippen LogP contribution in [0.2, 0.25) is 5.02 Å². The molecule has 3 rings (SSSR count). The summed E-state index contributed by atoms with van der Waals surface area (Å²) in [6, 6.07) is 14.2. The summed E-state index contributed by atoms with van der Waals surface area (Å²) in [4.78, 5) is 23.9. The monoisotopic (exact) mass is 368 g/mol. The number of halogens is 1. The van der Waals surface area contributed by atoms with Gasteiger partial charge in [0.1, 0.15) is 0 Å². The van der Waals surface area contributed by atoms with Gasteiger partial charge in [-0.25, -0.2) is 4.68 Å². The molecular weight excluding hydrogens is 352 g/mol. The van der Waals surface area contributed by atoms with E-state index in [1.165, 1.54) is 6.20 Å². The first kappa shape index (κ1) is 17.7. The average molecular weight is 369 g/mol. The number of amides is 2. The van der Waals surface area contributed by atoms with E-state index in [1.807, 2.05) is 18.2 Å². The number of nitrogens with one attached hydrogen (secondary N) is 2. The summed E-state index contributed by atoms with van der Waals surface area (Å²) in [6.07, 6.45) is 3.47. The third kappa shape index (κ3) is 4.10. The summed E-state index contributed by atoms with van der Waals surface area (Å²) >= 11 is 6.15. The molecule has 0 aliphatic rings. The van der Waals surface area contributed by atoms with Crippen LogP contribution < -0.4 is 10.6 Å². The van der Waals surface area contributed by atoms with Crippen LogP contribution >= 0.6 is 11.6 Å². The van der Waals surface area contributed by atoms with Gasteiger partial charge < -0.3 is 10.6 Å². The van der Waals surface area contributed by atoms with Crippen LogP contribution in [0.25, 0.3) is 5.69 Å². The topological polar surface area (TPSA) is 76.0 Å². The van der Waals surface area contributed by atoms with E-state index >= 15 is 0 Å². The van der Waals surface area contributed by atoms with Gasteiger partial charge in [-0.05, 0) is 30.3 Å². The lowest BCUT2D eigenvalue weighted by Gasteiger charge is -2.07. The quantitative estimate of drug-likeness (QED) is 0.711. The van der Waals surface area contributed by atoms with Crippen LogP contribution in [0.15, 0.2) is 60.9 Å². The van der Waals surface area contributed by atoms with Crippen molar-refractivity contribution in [3.05, 3.63) is 71.5 Å². The van der Waals surface area contributed by atoms with E-state index < -0.39 is 0 Å². The first-order valence-corrected chi connectivity index (χ1v) is 8.45. The van der Waals surface area contributed by atoms with E-state index in [9.17, 15) is 9.59 Å². The molecule has 0 spiro atoms. The van der Waals surface area contributed by atoms with E-state index in [1.54, 1.807) is 48.1 Å². The highest BCUT2D eigenvalue weighted by Crippen LogP contribution is 2.20. The van der Waals surface area contributed by atoms with E-state index in [0.29, 0.717) is 34.1 Å². The van der Waals surface area contributed by atoms with Gasteiger partial charge in [0, 0.05) is 24.0 Å². The predicted molar refractivity (Wildman–Crippen MR) is 102 cm³/mol. The van der Waals surface area contributed by atoms with E-state index in [0.717, 1.165) is 0 Å². The van der Waals surface area contributed by atoms with Crippen LogP contribution in [-0.4, -0.2) is 21.6 Å². The smallest absolute Gasteiger partial charge is 0.258 e. The molecular formula is C19H17ClN4O2. The number of hydrogen-bond acceptors (Lipinski definition) is 3. The maximum atomic E-state index is 12.4. The molecule has 2 N–H and O–H groups in total. The number of hydrogen-bond donors (Lipinski definition) is 2. The van der Waals surface area contributed by atoms with Crippen LogP contribution in [0.3, 0.4) is 0 Å². The highest BCUT2D eigenvalue weighted by Gasteiger charge is 2.11. The maximum absolute atomic E-state index is 12.4. The first-order chi connectivity index (χ1) is 12.6. The van der Waals surface area contributed by atoms with Crippen molar-refractivity contribution in [2.24, 2.45) is 0 Å². The van der Waals surface area contributed by atoms with Crippen LogP contribution in [0.1, 0.15) is 23.7 Å². The largest absolute Gasteiger partial charge is 0.326 e. The minimum Gasteiger partial charge on any atom is -0.326 e. The van der Waals surface area contributed by atoms with Gasteiger partial charge in [-0.1, -0.05) is 36.7 Å². The Morgan fingerprint density at radius 1 is 1.08 bits per heavy atom. The molecule has 1 heterocycles. The number of carbonyl (C=O) groups excluding carboxylic acids is 2. The molecule has 132 valence electrons. The van der Waals surface area contributed by atoms with Gasteiger partial charge in [0.2, 0.25) is 5.91 Å². The molecule has 6 nitrogen and oxygen atoms in total. The van der Waals surface area contributed by atoms with Crippen LogP contribution in [-0.2, 0) is 4.79 Å². The van der Waals surface area contributed by atoms with Gasteiger partial charge in [0.05, 0.1) is 22.5 Å². The number of benzene rings is 2. The molecule has 1 aromatic heterocycles. The van der Waals surface area contributed by atoms with Gasteiger partial charge in [-0.15, -0.1) is 0 Å². The summed E-state index contributed by atoms with van der Waals surface area (Å²) in [7, 11) is 0. The number of para-hydroxylation sites is 1. The summed E-state index contributed by atoms with van der Waals surface area (Å²) in [5.74, 6) is -0.392. The third-order valence-corrected chi connectivity index (χ3v) is 3.99. The highest BCUT2D eigenvalue weighted by atomic mass is 35.5. The molecule has 2 aromatic carbocycles. The molecule has 0 saturated heterocycles. The minimum atomic E-state index is -0.303.